The van der Waals surface area contributed by atoms with E-state index in [9.17, 15) is 9.90 Å². The molecule has 2 heterocycles. The van der Waals surface area contributed by atoms with Crippen LogP contribution in [0.25, 0.3) is 0 Å². The van der Waals surface area contributed by atoms with Gasteiger partial charge in [-0.2, -0.15) is 0 Å². The first kappa shape index (κ1) is 20.2. The lowest BCUT2D eigenvalue weighted by molar-refractivity contribution is -0.118. The topological polar surface area (TPSA) is 49.8 Å². The number of benzene rings is 2. The molecule has 4 nitrogen and oxygen atoms in total. The SMILES string of the molecule is C=CCN1C(=O)CCc2cc(Sc3cccc(C4C(O)CCOC4C)c3)ccc21. The van der Waals surface area contributed by atoms with E-state index in [0.29, 0.717) is 26.0 Å². The van der Waals surface area contributed by atoms with Crippen LogP contribution in [0.5, 0.6) is 0 Å². The van der Waals surface area contributed by atoms with Gasteiger partial charge in [0.1, 0.15) is 0 Å². The molecule has 1 saturated heterocycles. The number of carbonyl (C=O) groups excluding carboxylic acids is 1. The van der Waals surface area contributed by atoms with Gasteiger partial charge in [0.05, 0.1) is 12.2 Å². The van der Waals surface area contributed by atoms with E-state index in [1.807, 2.05) is 17.9 Å². The third-order valence-corrected chi connectivity index (χ3v) is 6.74. The van der Waals surface area contributed by atoms with Gasteiger partial charge >= 0.3 is 0 Å². The number of anilines is 1. The number of hydrogen-bond donors (Lipinski definition) is 1. The van der Waals surface area contributed by atoms with Gasteiger partial charge in [-0.05, 0) is 61.2 Å². The summed E-state index contributed by atoms with van der Waals surface area (Å²) < 4.78 is 5.77. The third-order valence-electron chi connectivity index (χ3n) is 5.76. The number of aliphatic hydroxyl groups excluding tert-OH is 1. The Morgan fingerprint density at radius 3 is 2.86 bits per heavy atom. The molecular weight excluding hydrogens is 382 g/mol. The highest BCUT2D eigenvalue weighted by Crippen LogP contribution is 2.37. The molecule has 4 rings (SSSR count). The Morgan fingerprint density at radius 2 is 2.07 bits per heavy atom. The van der Waals surface area contributed by atoms with Crippen molar-refractivity contribution >= 4 is 23.4 Å². The fourth-order valence-electron chi connectivity index (χ4n) is 4.31. The quantitative estimate of drug-likeness (QED) is 0.736. The zero-order valence-corrected chi connectivity index (χ0v) is 17.5. The summed E-state index contributed by atoms with van der Waals surface area (Å²) in [5.41, 5.74) is 3.32. The summed E-state index contributed by atoms with van der Waals surface area (Å²) in [6, 6.07) is 14.7. The zero-order chi connectivity index (χ0) is 20.4. The molecule has 2 aliphatic rings. The minimum absolute atomic E-state index is 0.00584. The zero-order valence-electron chi connectivity index (χ0n) is 16.7. The maximum absolute atomic E-state index is 12.2. The van der Waals surface area contributed by atoms with Gasteiger partial charge < -0.3 is 14.7 Å². The standard InChI is InChI=1S/C24H27NO3S/c1-3-12-25-21-9-8-20(14-17(21)7-10-23(25)27)29-19-6-4-5-18(15-19)24-16(2)28-13-11-22(24)26/h3-6,8-9,14-16,22,24,26H,1,7,10-13H2,2H3. The summed E-state index contributed by atoms with van der Waals surface area (Å²) in [7, 11) is 0. The van der Waals surface area contributed by atoms with Gasteiger partial charge in [0.15, 0.2) is 0 Å². The van der Waals surface area contributed by atoms with Crippen molar-refractivity contribution in [3.63, 3.8) is 0 Å². The average molecular weight is 410 g/mol. The third kappa shape index (κ3) is 4.27. The Hall–Kier alpha value is -2.08. The molecule has 0 aliphatic carbocycles. The minimum Gasteiger partial charge on any atom is -0.392 e. The van der Waals surface area contributed by atoms with E-state index in [1.165, 1.54) is 5.56 Å². The summed E-state index contributed by atoms with van der Waals surface area (Å²) in [5, 5.41) is 10.5. The lowest BCUT2D eigenvalue weighted by Crippen LogP contribution is -2.36. The van der Waals surface area contributed by atoms with Crippen LogP contribution in [0, 0.1) is 0 Å². The lowest BCUT2D eigenvalue weighted by Gasteiger charge is -2.34. The van der Waals surface area contributed by atoms with Crippen LogP contribution in [0.4, 0.5) is 5.69 Å². The first-order valence-corrected chi connectivity index (χ1v) is 11.0. The predicted octanol–water partition coefficient (Wildman–Crippen LogP) is 4.56. The smallest absolute Gasteiger partial charge is 0.227 e. The Bertz CT molecular complexity index is 903. The number of rotatable bonds is 5. The minimum atomic E-state index is -0.365. The maximum atomic E-state index is 12.2. The second kappa shape index (κ2) is 8.74. The van der Waals surface area contributed by atoms with E-state index in [0.717, 1.165) is 27.5 Å². The highest BCUT2D eigenvalue weighted by atomic mass is 32.2. The number of fused-ring (bicyclic) bond motifs is 1. The summed E-state index contributed by atoms with van der Waals surface area (Å²) in [5.74, 6) is 0.166. The molecule has 2 aromatic rings. The number of ether oxygens (including phenoxy) is 1. The summed E-state index contributed by atoms with van der Waals surface area (Å²) in [6.45, 7) is 6.97. The Labute approximate surface area is 176 Å². The summed E-state index contributed by atoms with van der Waals surface area (Å²) in [6.07, 6.45) is 3.41. The predicted molar refractivity (Wildman–Crippen MR) is 117 cm³/mol. The molecule has 2 aromatic carbocycles. The van der Waals surface area contributed by atoms with Crippen molar-refractivity contribution in [1.29, 1.82) is 0 Å². The first-order valence-electron chi connectivity index (χ1n) is 10.2. The second-order valence-corrected chi connectivity index (χ2v) is 8.86. The average Bonchev–Trinajstić information content (AvgIpc) is 2.70. The van der Waals surface area contributed by atoms with Crippen molar-refractivity contribution in [2.45, 2.75) is 54.1 Å². The van der Waals surface area contributed by atoms with Crippen molar-refractivity contribution in [1.82, 2.24) is 0 Å². The van der Waals surface area contributed by atoms with E-state index in [-0.39, 0.29) is 24.0 Å². The van der Waals surface area contributed by atoms with E-state index in [2.05, 4.69) is 43.0 Å². The van der Waals surface area contributed by atoms with Crippen LogP contribution in [0.3, 0.4) is 0 Å². The monoisotopic (exact) mass is 409 g/mol. The van der Waals surface area contributed by atoms with Gasteiger partial charge in [0.25, 0.3) is 0 Å². The Balaban J connectivity index is 1.56. The fourth-order valence-corrected chi connectivity index (χ4v) is 5.27. The number of carbonyl (C=O) groups is 1. The number of nitrogens with zero attached hydrogens (tertiary/aromatic N) is 1. The molecular formula is C24H27NO3S. The molecule has 1 amide bonds. The molecule has 0 aromatic heterocycles. The highest BCUT2D eigenvalue weighted by molar-refractivity contribution is 7.99. The molecule has 2 aliphatic heterocycles. The van der Waals surface area contributed by atoms with Crippen molar-refractivity contribution < 1.29 is 14.6 Å². The largest absolute Gasteiger partial charge is 0.392 e. The molecule has 29 heavy (non-hydrogen) atoms. The normalized spacial score (nSPS) is 24.3. The molecule has 3 unspecified atom stereocenters. The molecule has 0 spiro atoms. The van der Waals surface area contributed by atoms with Gasteiger partial charge in [0, 0.05) is 41.0 Å². The lowest BCUT2D eigenvalue weighted by atomic mass is 9.86. The van der Waals surface area contributed by atoms with Crippen molar-refractivity contribution in [2.75, 3.05) is 18.1 Å². The second-order valence-electron chi connectivity index (χ2n) is 7.72. The van der Waals surface area contributed by atoms with Crippen molar-refractivity contribution in [3.05, 3.63) is 66.2 Å². The molecule has 0 saturated carbocycles. The Kier molecular flexibility index (Phi) is 6.09. The molecule has 3 atom stereocenters. The van der Waals surface area contributed by atoms with Crippen molar-refractivity contribution in [3.8, 4) is 0 Å². The number of amides is 1. The molecule has 0 bridgehead atoms. The van der Waals surface area contributed by atoms with Crippen LogP contribution in [-0.2, 0) is 16.0 Å². The number of aliphatic hydroxyl groups is 1. The van der Waals surface area contributed by atoms with Crippen LogP contribution >= 0.6 is 11.8 Å². The van der Waals surface area contributed by atoms with Gasteiger partial charge in [-0.15, -0.1) is 6.58 Å². The van der Waals surface area contributed by atoms with Crippen LogP contribution < -0.4 is 4.90 Å². The molecule has 1 N–H and O–H groups in total. The van der Waals surface area contributed by atoms with Crippen molar-refractivity contribution in [2.24, 2.45) is 0 Å². The van der Waals surface area contributed by atoms with Crippen LogP contribution in [0.1, 0.15) is 36.8 Å². The molecule has 1 fully saturated rings. The number of hydrogen-bond acceptors (Lipinski definition) is 4. The van der Waals surface area contributed by atoms with Gasteiger partial charge in [0.2, 0.25) is 5.91 Å². The van der Waals surface area contributed by atoms with Gasteiger partial charge in [-0.3, -0.25) is 4.79 Å². The van der Waals surface area contributed by atoms with E-state index in [4.69, 9.17) is 4.74 Å². The summed E-state index contributed by atoms with van der Waals surface area (Å²) in [4.78, 5) is 16.3. The Morgan fingerprint density at radius 1 is 1.24 bits per heavy atom. The van der Waals surface area contributed by atoms with Gasteiger partial charge in [-0.1, -0.05) is 30.0 Å². The number of aryl methyl sites for hydroxylation is 1. The molecule has 152 valence electrons. The van der Waals surface area contributed by atoms with Crippen LogP contribution in [0.2, 0.25) is 0 Å². The fraction of sp³-hybridized carbons (Fsp3) is 0.375. The molecule has 0 radical (unpaired) electrons. The maximum Gasteiger partial charge on any atom is 0.227 e. The van der Waals surface area contributed by atoms with E-state index >= 15 is 0 Å². The summed E-state index contributed by atoms with van der Waals surface area (Å²) >= 11 is 1.71. The highest BCUT2D eigenvalue weighted by Gasteiger charge is 2.31. The first-order chi connectivity index (χ1) is 14.1. The molecule has 5 heteroatoms. The van der Waals surface area contributed by atoms with Crippen LogP contribution in [-0.4, -0.2) is 36.4 Å². The van der Waals surface area contributed by atoms with E-state index in [1.54, 1.807) is 17.8 Å². The van der Waals surface area contributed by atoms with Gasteiger partial charge in [-0.25, -0.2) is 0 Å². The van der Waals surface area contributed by atoms with Crippen LogP contribution in [0.15, 0.2) is 64.9 Å². The van der Waals surface area contributed by atoms with E-state index < -0.39 is 0 Å².